The van der Waals surface area contributed by atoms with Crippen molar-refractivity contribution in [2.24, 2.45) is 0 Å². The van der Waals surface area contributed by atoms with Crippen molar-refractivity contribution in [3.63, 3.8) is 0 Å². The van der Waals surface area contributed by atoms with E-state index in [1.54, 1.807) is 6.08 Å². The molecule has 2 rings (SSSR count). The molecule has 0 amide bonds. The first-order valence-electron chi connectivity index (χ1n) is 6.85. The number of nitrogens with zero attached hydrogens (tertiary/aromatic N) is 2. The lowest BCUT2D eigenvalue weighted by atomic mass is 10.0. The van der Waals surface area contributed by atoms with Gasteiger partial charge in [0.1, 0.15) is 0 Å². The first-order chi connectivity index (χ1) is 9.50. The second-order valence-corrected chi connectivity index (χ2v) is 5.23. The van der Waals surface area contributed by atoms with Gasteiger partial charge in [-0.3, -0.25) is 10.1 Å². The Morgan fingerprint density at radius 1 is 1.50 bits per heavy atom. The largest absolute Gasteiger partial charge is 0.346 e. The number of likely N-dealkylation sites (N-methyl/N-ethyl adjacent to an activating group) is 1. The highest BCUT2D eigenvalue weighted by Crippen LogP contribution is 2.29. The number of allylic oxidation sites excluding steroid dienone is 3. The van der Waals surface area contributed by atoms with Crippen LogP contribution in [0.1, 0.15) is 20.3 Å². The maximum absolute atomic E-state index is 11.2. The van der Waals surface area contributed by atoms with E-state index in [1.807, 2.05) is 31.9 Å². The Kier molecular flexibility index (Phi) is 4.57. The van der Waals surface area contributed by atoms with Gasteiger partial charge in [-0.15, -0.1) is 0 Å². The van der Waals surface area contributed by atoms with Crippen molar-refractivity contribution >= 4 is 0 Å². The molecule has 110 valence electrons. The van der Waals surface area contributed by atoms with Crippen LogP contribution in [-0.4, -0.2) is 42.3 Å². The van der Waals surface area contributed by atoms with Crippen molar-refractivity contribution in [3.05, 3.63) is 45.3 Å². The minimum absolute atomic E-state index is 0.0767. The molecule has 0 aromatic carbocycles. The average Bonchev–Trinajstić information content (AvgIpc) is 2.41. The topological polar surface area (TPSA) is 67.6 Å². The standard InChI is InChI=1S/C14H21N3O3/c1-10(2)20-14-13(17(18)19)5-4-12(16(14)3)11-6-8-15-9-7-11/h4-6,10,14-15H,7-9H2,1-3H3. The van der Waals surface area contributed by atoms with Crippen molar-refractivity contribution < 1.29 is 9.66 Å². The minimum Gasteiger partial charge on any atom is -0.346 e. The van der Waals surface area contributed by atoms with Gasteiger partial charge in [0.15, 0.2) is 0 Å². The van der Waals surface area contributed by atoms with Crippen molar-refractivity contribution in [2.45, 2.75) is 32.6 Å². The Morgan fingerprint density at radius 2 is 2.25 bits per heavy atom. The molecule has 6 heteroatoms. The lowest BCUT2D eigenvalue weighted by Crippen LogP contribution is -2.41. The Bertz CT molecular complexity index is 480. The van der Waals surface area contributed by atoms with E-state index in [9.17, 15) is 10.1 Å². The van der Waals surface area contributed by atoms with Crippen LogP contribution in [0.3, 0.4) is 0 Å². The smallest absolute Gasteiger partial charge is 0.295 e. The number of nitrogens with one attached hydrogen (secondary N) is 1. The van der Waals surface area contributed by atoms with Crippen LogP contribution >= 0.6 is 0 Å². The van der Waals surface area contributed by atoms with Gasteiger partial charge in [0, 0.05) is 25.4 Å². The van der Waals surface area contributed by atoms with Crippen molar-refractivity contribution in [1.29, 1.82) is 0 Å². The van der Waals surface area contributed by atoms with Gasteiger partial charge >= 0.3 is 0 Å². The predicted octanol–water partition coefficient (Wildman–Crippen LogP) is 1.65. The van der Waals surface area contributed by atoms with Gasteiger partial charge in [-0.25, -0.2) is 0 Å². The highest BCUT2D eigenvalue weighted by molar-refractivity contribution is 5.38. The number of nitro groups is 1. The molecule has 0 aromatic heterocycles. The van der Waals surface area contributed by atoms with Gasteiger partial charge in [0.2, 0.25) is 6.23 Å². The Hall–Kier alpha value is -1.66. The number of hydrogen-bond donors (Lipinski definition) is 1. The van der Waals surface area contributed by atoms with Gasteiger partial charge in [0.05, 0.1) is 11.0 Å². The molecule has 0 saturated heterocycles. The fourth-order valence-corrected chi connectivity index (χ4v) is 2.45. The van der Waals surface area contributed by atoms with E-state index in [-0.39, 0.29) is 16.7 Å². The summed E-state index contributed by atoms with van der Waals surface area (Å²) in [6.45, 7) is 5.53. The molecular weight excluding hydrogens is 258 g/mol. The average molecular weight is 279 g/mol. The fraction of sp³-hybridized carbons (Fsp3) is 0.571. The quantitative estimate of drug-likeness (QED) is 0.626. The zero-order valence-electron chi connectivity index (χ0n) is 12.1. The van der Waals surface area contributed by atoms with Crippen LogP contribution in [0.4, 0.5) is 0 Å². The number of ether oxygens (including phenoxy) is 1. The minimum atomic E-state index is -0.638. The van der Waals surface area contributed by atoms with Gasteiger partial charge in [-0.1, -0.05) is 6.08 Å². The second-order valence-electron chi connectivity index (χ2n) is 5.23. The van der Waals surface area contributed by atoms with E-state index >= 15 is 0 Å². The molecule has 2 aliphatic rings. The van der Waals surface area contributed by atoms with Gasteiger partial charge in [0.25, 0.3) is 5.70 Å². The molecule has 0 radical (unpaired) electrons. The monoisotopic (exact) mass is 279 g/mol. The molecule has 1 N–H and O–H groups in total. The molecular formula is C14H21N3O3. The molecule has 0 aliphatic carbocycles. The van der Waals surface area contributed by atoms with Crippen molar-refractivity contribution in [3.8, 4) is 0 Å². The highest BCUT2D eigenvalue weighted by Gasteiger charge is 2.35. The van der Waals surface area contributed by atoms with Crippen LogP contribution < -0.4 is 5.32 Å². The molecule has 6 nitrogen and oxygen atoms in total. The zero-order valence-corrected chi connectivity index (χ0v) is 12.1. The zero-order chi connectivity index (χ0) is 14.7. The van der Waals surface area contributed by atoms with E-state index < -0.39 is 6.23 Å². The van der Waals surface area contributed by atoms with Crippen LogP contribution in [-0.2, 0) is 4.74 Å². The third-order valence-corrected chi connectivity index (χ3v) is 3.40. The summed E-state index contributed by atoms with van der Waals surface area (Å²) < 4.78 is 5.73. The van der Waals surface area contributed by atoms with E-state index in [0.29, 0.717) is 0 Å². The molecule has 1 atom stereocenters. The summed E-state index contributed by atoms with van der Waals surface area (Å²) in [5.41, 5.74) is 2.30. The Labute approximate surface area is 118 Å². The van der Waals surface area contributed by atoms with E-state index in [2.05, 4.69) is 11.4 Å². The van der Waals surface area contributed by atoms with E-state index in [0.717, 1.165) is 25.2 Å². The molecule has 2 aliphatic heterocycles. The SMILES string of the molecule is CC(C)OC1C([N+](=O)[O-])=CC=C(C2=CCNCC2)N1C. The molecule has 2 heterocycles. The predicted molar refractivity (Wildman–Crippen MR) is 76.5 cm³/mol. The molecule has 1 unspecified atom stereocenters. The van der Waals surface area contributed by atoms with Gasteiger partial charge in [-0.2, -0.15) is 0 Å². The maximum Gasteiger partial charge on any atom is 0.295 e. The second kappa shape index (κ2) is 6.19. The van der Waals surface area contributed by atoms with Crippen molar-refractivity contribution in [1.82, 2.24) is 10.2 Å². The number of hydrogen-bond acceptors (Lipinski definition) is 5. The lowest BCUT2D eigenvalue weighted by Gasteiger charge is -2.34. The summed E-state index contributed by atoms with van der Waals surface area (Å²) in [5, 5.41) is 14.4. The summed E-state index contributed by atoms with van der Waals surface area (Å²) >= 11 is 0. The van der Waals surface area contributed by atoms with Crippen LogP contribution in [0.5, 0.6) is 0 Å². The van der Waals surface area contributed by atoms with E-state index in [1.165, 1.54) is 5.57 Å². The summed E-state index contributed by atoms with van der Waals surface area (Å²) in [4.78, 5) is 12.6. The first kappa shape index (κ1) is 14.7. The first-order valence-corrected chi connectivity index (χ1v) is 6.85. The van der Waals surface area contributed by atoms with E-state index in [4.69, 9.17) is 4.74 Å². The summed E-state index contributed by atoms with van der Waals surface area (Å²) in [7, 11) is 1.85. The summed E-state index contributed by atoms with van der Waals surface area (Å²) in [6.07, 6.45) is 5.71. The molecule has 0 aromatic rings. The molecule has 0 saturated carbocycles. The van der Waals surface area contributed by atoms with Gasteiger partial charge in [-0.05, 0) is 38.5 Å². The molecule has 0 fully saturated rings. The molecule has 20 heavy (non-hydrogen) atoms. The lowest BCUT2D eigenvalue weighted by molar-refractivity contribution is -0.443. The summed E-state index contributed by atoms with van der Waals surface area (Å²) in [6, 6.07) is 0. The third-order valence-electron chi connectivity index (χ3n) is 3.40. The number of rotatable bonds is 4. The Balaban J connectivity index is 2.30. The fourth-order valence-electron chi connectivity index (χ4n) is 2.45. The van der Waals surface area contributed by atoms with Gasteiger partial charge < -0.3 is 15.0 Å². The van der Waals surface area contributed by atoms with Crippen LogP contribution in [0, 0.1) is 10.1 Å². The van der Waals surface area contributed by atoms with Crippen LogP contribution in [0.2, 0.25) is 0 Å². The molecule has 0 spiro atoms. The highest BCUT2D eigenvalue weighted by atomic mass is 16.6. The summed E-state index contributed by atoms with van der Waals surface area (Å²) in [5.74, 6) is 0. The van der Waals surface area contributed by atoms with Crippen molar-refractivity contribution in [2.75, 3.05) is 20.1 Å². The third kappa shape index (κ3) is 3.08. The molecule has 0 bridgehead atoms. The van der Waals surface area contributed by atoms with Crippen LogP contribution in [0.25, 0.3) is 0 Å². The Morgan fingerprint density at radius 3 is 2.80 bits per heavy atom. The maximum atomic E-state index is 11.2. The normalized spacial score (nSPS) is 23.3. The van der Waals surface area contributed by atoms with Crippen LogP contribution in [0.15, 0.2) is 35.2 Å².